The highest BCUT2D eigenvalue weighted by molar-refractivity contribution is 6.30. The van der Waals surface area contributed by atoms with Crippen LogP contribution in [0.4, 0.5) is 4.39 Å². The first-order chi connectivity index (χ1) is 19.7. The van der Waals surface area contributed by atoms with Crippen molar-refractivity contribution in [2.45, 2.75) is 51.7 Å². The molecule has 5 aromatic rings. The van der Waals surface area contributed by atoms with E-state index in [-0.39, 0.29) is 23.1 Å². The molecule has 0 bridgehead atoms. The first-order valence-corrected chi connectivity index (χ1v) is 13.9. The molecular formula is C29H29ClFN7O3. The van der Waals surface area contributed by atoms with Crippen molar-refractivity contribution in [1.29, 1.82) is 0 Å². The molecule has 10 nitrogen and oxygen atoms in total. The van der Waals surface area contributed by atoms with Crippen molar-refractivity contribution in [3.8, 4) is 28.7 Å². The van der Waals surface area contributed by atoms with Gasteiger partial charge in [-0.25, -0.2) is 24.1 Å². The molecule has 0 saturated heterocycles. The van der Waals surface area contributed by atoms with Crippen LogP contribution in [-0.4, -0.2) is 41.8 Å². The maximum atomic E-state index is 17.2. The van der Waals surface area contributed by atoms with Crippen molar-refractivity contribution in [1.82, 2.24) is 34.6 Å². The number of nitrogens with one attached hydrogen (secondary N) is 1. The summed E-state index contributed by atoms with van der Waals surface area (Å²) in [6, 6.07) is 8.71. The van der Waals surface area contributed by atoms with Gasteiger partial charge < -0.3 is 9.30 Å². The number of rotatable bonds is 7. The SMILES string of the molecule is COc1ccccc1C(C)(F)c1nc2nc(-c3noc(=O)[nH]3)nc(-c3cncc(Cl)c3)c2n1CC1CCC(C)CC1. The second-order valence-corrected chi connectivity index (χ2v) is 11.2. The van der Waals surface area contributed by atoms with Gasteiger partial charge in [-0.1, -0.05) is 54.7 Å². The van der Waals surface area contributed by atoms with Crippen molar-refractivity contribution in [3.63, 3.8) is 0 Å². The van der Waals surface area contributed by atoms with E-state index in [0.717, 1.165) is 25.7 Å². The van der Waals surface area contributed by atoms with Gasteiger partial charge in [0.15, 0.2) is 17.1 Å². The number of nitrogens with zero attached hydrogens (tertiary/aromatic N) is 6. The molecule has 1 saturated carbocycles. The Balaban J connectivity index is 1.64. The lowest BCUT2D eigenvalue weighted by molar-refractivity contribution is 0.209. The highest BCUT2D eigenvalue weighted by Gasteiger charge is 2.39. The van der Waals surface area contributed by atoms with Gasteiger partial charge in [-0.3, -0.25) is 14.5 Å². The van der Waals surface area contributed by atoms with Gasteiger partial charge in [0.1, 0.15) is 17.0 Å². The second-order valence-electron chi connectivity index (χ2n) is 10.8. The number of halogens is 2. The fourth-order valence-electron chi connectivity index (χ4n) is 5.67. The summed E-state index contributed by atoms with van der Waals surface area (Å²) in [5, 5.41) is 4.16. The minimum atomic E-state index is -2.05. The van der Waals surface area contributed by atoms with Gasteiger partial charge in [-0.2, -0.15) is 0 Å². The molecule has 41 heavy (non-hydrogen) atoms. The molecule has 1 unspecified atom stereocenters. The van der Waals surface area contributed by atoms with Crippen molar-refractivity contribution in [3.05, 3.63) is 69.7 Å². The molecule has 12 heteroatoms. The highest BCUT2D eigenvalue weighted by atomic mass is 35.5. The van der Waals surface area contributed by atoms with Crippen LogP contribution in [0.3, 0.4) is 0 Å². The lowest BCUT2D eigenvalue weighted by atomic mass is 9.83. The monoisotopic (exact) mass is 577 g/mol. The number of imidazole rings is 1. The van der Waals surface area contributed by atoms with E-state index in [1.54, 1.807) is 36.5 Å². The number of aromatic amines is 1. The Bertz CT molecular complexity index is 1770. The van der Waals surface area contributed by atoms with Gasteiger partial charge in [0.25, 0.3) is 0 Å². The van der Waals surface area contributed by atoms with Gasteiger partial charge in [0.2, 0.25) is 11.6 Å². The summed E-state index contributed by atoms with van der Waals surface area (Å²) in [5.74, 6) is 0.902. The molecule has 0 radical (unpaired) electrons. The molecule has 0 spiro atoms. The van der Waals surface area contributed by atoms with Crippen molar-refractivity contribution >= 4 is 22.8 Å². The van der Waals surface area contributed by atoms with Gasteiger partial charge in [0.05, 0.1) is 12.1 Å². The van der Waals surface area contributed by atoms with E-state index in [1.165, 1.54) is 20.2 Å². The average molecular weight is 578 g/mol. The van der Waals surface area contributed by atoms with Gasteiger partial charge in [-0.05, 0) is 43.7 Å². The van der Waals surface area contributed by atoms with Crippen LogP contribution in [0.1, 0.15) is 50.9 Å². The fraction of sp³-hybridized carbons (Fsp3) is 0.379. The van der Waals surface area contributed by atoms with Gasteiger partial charge in [0, 0.05) is 30.1 Å². The van der Waals surface area contributed by atoms with Crippen LogP contribution in [0.5, 0.6) is 5.75 Å². The fourth-order valence-corrected chi connectivity index (χ4v) is 5.84. The Morgan fingerprint density at radius 2 is 1.95 bits per heavy atom. The first kappa shape index (κ1) is 27.1. The Hall–Kier alpha value is -4.12. The number of alkyl halides is 1. The molecule has 1 aliphatic carbocycles. The van der Waals surface area contributed by atoms with Crippen LogP contribution in [-0.2, 0) is 12.2 Å². The minimum Gasteiger partial charge on any atom is -0.496 e. The van der Waals surface area contributed by atoms with E-state index in [2.05, 4.69) is 27.0 Å². The van der Waals surface area contributed by atoms with Crippen molar-refractivity contribution in [2.24, 2.45) is 11.8 Å². The number of pyridine rings is 1. The number of fused-ring (bicyclic) bond motifs is 1. The summed E-state index contributed by atoms with van der Waals surface area (Å²) < 4.78 is 29.4. The zero-order valence-corrected chi connectivity index (χ0v) is 23.7. The molecule has 1 atom stereocenters. The normalized spacial score (nSPS) is 18.9. The third-order valence-electron chi connectivity index (χ3n) is 7.84. The molecule has 6 rings (SSSR count). The summed E-state index contributed by atoms with van der Waals surface area (Å²) in [5.41, 5.74) is 0.0862. The van der Waals surface area contributed by atoms with E-state index in [9.17, 15) is 4.79 Å². The van der Waals surface area contributed by atoms with Crippen LogP contribution >= 0.6 is 11.6 Å². The Morgan fingerprint density at radius 3 is 2.66 bits per heavy atom. The molecule has 212 valence electrons. The van der Waals surface area contributed by atoms with Gasteiger partial charge in [-0.15, -0.1) is 0 Å². The third kappa shape index (κ3) is 5.10. The number of H-pyrrole nitrogens is 1. The quantitative estimate of drug-likeness (QED) is 0.251. The Labute approximate surface area is 240 Å². The van der Waals surface area contributed by atoms with Crippen LogP contribution in [0, 0.1) is 11.8 Å². The predicted octanol–water partition coefficient (Wildman–Crippen LogP) is 5.95. The van der Waals surface area contributed by atoms with Gasteiger partial charge >= 0.3 is 5.76 Å². The lowest BCUT2D eigenvalue weighted by Gasteiger charge is -2.29. The van der Waals surface area contributed by atoms with E-state index >= 15 is 4.39 Å². The standard InChI is InChI=1S/C29H29ClFN7O3/c1-16-8-10-17(11-9-16)15-38-23-22(18-12-19(30)14-32-13-18)33-25(26-36-28(39)41-37-26)34-24(23)35-27(38)29(2,31)20-6-4-5-7-21(20)40-3/h4-7,12-14,16-17H,8-11,15H2,1-3H3,(H,36,37,39). The van der Waals surface area contributed by atoms with Crippen LogP contribution < -0.4 is 10.5 Å². The molecule has 1 aliphatic rings. The van der Waals surface area contributed by atoms with E-state index in [1.807, 2.05) is 4.57 Å². The first-order valence-electron chi connectivity index (χ1n) is 13.5. The summed E-state index contributed by atoms with van der Waals surface area (Å²) in [4.78, 5) is 32.6. The summed E-state index contributed by atoms with van der Waals surface area (Å²) in [6.07, 6.45) is 7.40. The maximum Gasteiger partial charge on any atom is 0.439 e. The van der Waals surface area contributed by atoms with Crippen LogP contribution in [0.2, 0.25) is 5.02 Å². The molecule has 0 aliphatic heterocycles. The lowest BCUT2D eigenvalue weighted by Crippen LogP contribution is -2.26. The summed E-state index contributed by atoms with van der Waals surface area (Å²) in [6.45, 7) is 4.27. The van der Waals surface area contributed by atoms with Crippen molar-refractivity contribution < 1.29 is 13.7 Å². The topological polar surface area (TPSA) is 125 Å². The average Bonchev–Trinajstić information content (AvgIpc) is 3.57. The van der Waals surface area contributed by atoms with E-state index in [4.69, 9.17) is 30.8 Å². The largest absolute Gasteiger partial charge is 0.496 e. The Kier molecular flexibility index (Phi) is 7.06. The minimum absolute atomic E-state index is 0.0262. The summed E-state index contributed by atoms with van der Waals surface area (Å²) >= 11 is 6.33. The second kappa shape index (κ2) is 10.7. The van der Waals surface area contributed by atoms with Crippen LogP contribution in [0.15, 0.2) is 52.0 Å². The molecule has 1 aromatic carbocycles. The smallest absolute Gasteiger partial charge is 0.439 e. The number of benzene rings is 1. The molecule has 0 amide bonds. The molecule has 4 heterocycles. The predicted molar refractivity (Wildman–Crippen MR) is 151 cm³/mol. The number of methoxy groups -OCH3 is 1. The number of aromatic nitrogens is 7. The molecule has 1 N–H and O–H groups in total. The zero-order chi connectivity index (χ0) is 28.7. The highest BCUT2D eigenvalue weighted by Crippen LogP contribution is 2.42. The van der Waals surface area contributed by atoms with Crippen molar-refractivity contribution in [2.75, 3.05) is 7.11 Å². The zero-order valence-electron chi connectivity index (χ0n) is 22.9. The third-order valence-corrected chi connectivity index (χ3v) is 8.05. The number of ether oxygens (including phenoxy) is 1. The Morgan fingerprint density at radius 1 is 1.17 bits per heavy atom. The van der Waals surface area contributed by atoms with E-state index < -0.39 is 11.4 Å². The van der Waals surface area contributed by atoms with Crippen LogP contribution in [0.25, 0.3) is 34.1 Å². The number of hydrogen-bond donors (Lipinski definition) is 1. The number of para-hydroxylation sites is 1. The molecular weight excluding hydrogens is 549 g/mol. The van der Waals surface area contributed by atoms with E-state index in [0.29, 0.717) is 51.5 Å². The number of hydrogen-bond acceptors (Lipinski definition) is 8. The molecule has 1 fully saturated rings. The maximum absolute atomic E-state index is 17.2. The summed E-state index contributed by atoms with van der Waals surface area (Å²) in [7, 11) is 1.52. The molecule has 4 aromatic heterocycles.